The number of aromatic nitrogens is 1. The van der Waals surface area contributed by atoms with E-state index in [1.807, 2.05) is 78.2 Å². The van der Waals surface area contributed by atoms with E-state index in [0.29, 0.717) is 37.5 Å². The van der Waals surface area contributed by atoms with Crippen molar-refractivity contribution in [3.8, 4) is 11.8 Å². The zero-order chi connectivity index (χ0) is 31.5. The number of benzene rings is 3. The Balaban J connectivity index is 1.51. The zero-order valence-electron chi connectivity index (χ0n) is 23.7. The number of fused-ring (bicyclic) bond motifs is 1. The largest absolute Gasteiger partial charge is 0.487 e. The van der Waals surface area contributed by atoms with E-state index in [-0.39, 0.29) is 18.8 Å². The Bertz CT molecular complexity index is 2150. The summed E-state index contributed by atoms with van der Waals surface area (Å²) in [6, 6.07) is 25.8. The third-order valence-corrected chi connectivity index (χ3v) is 10.1. The third-order valence-electron chi connectivity index (χ3n) is 6.98. The van der Waals surface area contributed by atoms with Gasteiger partial charge in [-0.2, -0.15) is 5.26 Å². The fourth-order valence-electron chi connectivity index (χ4n) is 4.97. The monoisotopic (exact) mass is 807 g/mol. The van der Waals surface area contributed by atoms with Gasteiger partial charge >= 0.3 is 5.97 Å². The van der Waals surface area contributed by atoms with E-state index in [1.165, 1.54) is 22.7 Å². The molecule has 5 aromatic rings. The molecule has 224 valence electrons. The van der Waals surface area contributed by atoms with Crippen molar-refractivity contribution in [1.29, 1.82) is 5.26 Å². The topological polar surface area (TPSA) is 93.7 Å². The summed E-state index contributed by atoms with van der Waals surface area (Å²) in [7, 11) is 0. The first-order chi connectivity index (χ1) is 21.9. The quantitative estimate of drug-likeness (QED) is 0.127. The minimum absolute atomic E-state index is 0.193. The van der Waals surface area contributed by atoms with Gasteiger partial charge in [0.1, 0.15) is 18.4 Å². The molecule has 6 rings (SSSR count). The van der Waals surface area contributed by atoms with E-state index in [9.17, 15) is 9.59 Å². The van der Waals surface area contributed by atoms with Crippen molar-refractivity contribution < 1.29 is 14.3 Å². The van der Waals surface area contributed by atoms with Crippen LogP contribution in [0.3, 0.4) is 0 Å². The Morgan fingerprint density at radius 3 is 2.60 bits per heavy atom. The van der Waals surface area contributed by atoms with Crippen molar-refractivity contribution in [3.05, 3.63) is 145 Å². The number of carbonyl (C=O) groups excluding carboxylic acids is 1. The number of ether oxygens (including phenoxy) is 2. The summed E-state index contributed by atoms with van der Waals surface area (Å²) >= 11 is 8.54. The molecule has 0 N–H and O–H groups in total. The van der Waals surface area contributed by atoms with Crippen molar-refractivity contribution in [1.82, 2.24) is 4.57 Å². The fourth-order valence-corrected chi connectivity index (χ4v) is 8.49. The first-order valence-electron chi connectivity index (χ1n) is 13.8. The first kappa shape index (κ1) is 31.2. The second kappa shape index (κ2) is 13.7. The van der Waals surface area contributed by atoms with E-state index >= 15 is 0 Å². The van der Waals surface area contributed by atoms with Crippen LogP contribution in [0.1, 0.15) is 40.1 Å². The highest BCUT2D eigenvalue weighted by molar-refractivity contribution is 14.1. The molecule has 0 fully saturated rings. The predicted octanol–water partition coefficient (Wildman–Crippen LogP) is 6.81. The zero-order valence-corrected chi connectivity index (χ0v) is 29.1. The van der Waals surface area contributed by atoms with Gasteiger partial charge in [0.15, 0.2) is 4.80 Å². The van der Waals surface area contributed by atoms with Crippen LogP contribution in [0.4, 0.5) is 0 Å². The molecule has 7 nitrogen and oxygen atoms in total. The van der Waals surface area contributed by atoms with Gasteiger partial charge in [0.2, 0.25) is 0 Å². The average molecular weight is 809 g/mol. The summed E-state index contributed by atoms with van der Waals surface area (Å²) in [6.45, 7) is 2.24. The van der Waals surface area contributed by atoms with Gasteiger partial charge in [-0.15, -0.1) is 11.3 Å². The van der Waals surface area contributed by atoms with Gasteiger partial charge in [0.25, 0.3) is 5.56 Å². The molecular weight excluding hydrogens is 785 g/mol. The van der Waals surface area contributed by atoms with Crippen molar-refractivity contribution in [2.24, 2.45) is 4.99 Å². The summed E-state index contributed by atoms with van der Waals surface area (Å²) in [6.07, 6.45) is 1.81. The normalized spacial score (nSPS) is 14.4. The van der Waals surface area contributed by atoms with Crippen molar-refractivity contribution >= 4 is 78.9 Å². The van der Waals surface area contributed by atoms with Crippen LogP contribution in [-0.4, -0.2) is 17.1 Å². The Morgan fingerprint density at radius 2 is 1.91 bits per heavy atom. The number of nitrogens with zero attached hydrogens (tertiary/aromatic N) is 3. The van der Waals surface area contributed by atoms with Crippen LogP contribution < -0.4 is 19.6 Å². The van der Waals surface area contributed by atoms with E-state index in [4.69, 9.17) is 19.7 Å². The molecule has 0 saturated carbocycles. The van der Waals surface area contributed by atoms with Crippen LogP contribution in [0.5, 0.6) is 5.75 Å². The van der Waals surface area contributed by atoms with Gasteiger partial charge < -0.3 is 9.47 Å². The Kier molecular flexibility index (Phi) is 9.46. The maximum absolute atomic E-state index is 14.2. The molecular formula is C34H23BrIN3O4S2. The minimum atomic E-state index is -0.701. The second-order valence-electron chi connectivity index (χ2n) is 9.85. The van der Waals surface area contributed by atoms with Gasteiger partial charge in [-0.05, 0) is 76.9 Å². The molecule has 0 radical (unpaired) electrons. The molecule has 11 heteroatoms. The van der Waals surface area contributed by atoms with Gasteiger partial charge in [-0.1, -0.05) is 75.8 Å². The average Bonchev–Trinajstić information content (AvgIpc) is 3.69. The standard InChI is InChI=1S/C34H23BrIN3O4S2/c1-2-42-33(41)28-29(22-7-4-3-5-8-22)38-34-39(30(28)26-9-6-14-44-26)32(40)27(45-34)16-23-15-24(35)17-25(36)31(23)43-19-21-12-10-20(18-37)11-13-21/h3-17,30H,2,19H2,1H3/b27-16-/t30-/m0/s1. The molecule has 3 aromatic carbocycles. The van der Waals surface area contributed by atoms with Crippen LogP contribution in [-0.2, 0) is 16.1 Å². The molecule has 3 heterocycles. The Morgan fingerprint density at radius 1 is 1.13 bits per heavy atom. The number of nitriles is 1. The molecule has 45 heavy (non-hydrogen) atoms. The van der Waals surface area contributed by atoms with Crippen LogP contribution in [0.25, 0.3) is 11.8 Å². The van der Waals surface area contributed by atoms with Gasteiger partial charge in [-0.25, -0.2) is 9.79 Å². The minimum Gasteiger partial charge on any atom is -0.487 e. The number of halogens is 2. The summed E-state index contributed by atoms with van der Waals surface area (Å²) < 4.78 is 15.6. The summed E-state index contributed by atoms with van der Waals surface area (Å²) in [5.74, 6) is 0.119. The fraction of sp³-hybridized carbons (Fsp3) is 0.118. The van der Waals surface area contributed by atoms with Crippen LogP contribution >= 0.6 is 61.2 Å². The van der Waals surface area contributed by atoms with E-state index in [2.05, 4.69) is 44.6 Å². The SMILES string of the molecule is CCOC(=O)C1=C(c2ccccc2)N=c2s/c(=C\c3cc(Br)cc(I)c3OCc3ccc(C#N)cc3)c(=O)n2[C@H]1c1cccs1. The van der Waals surface area contributed by atoms with Gasteiger partial charge in [0.05, 0.1) is 37.6 Å². The summed E-state index contributed by atoms with van der Waals surface area (Å²) in [5, 5.41) is 11.0. The van der Waals surface area contributed by atoms with E-state index < -0.39 is 12.0 Å². The van der Waals surface area contributed by atoms with Gasteiger partial charge in [-0.3, -0.25) is 9.36 Å². The van der Waals surface area contributed by atoms with Gasteiger partial charge in [0, 0.05) is 20.5 Å². The molecule has 1 aliphatic heterocycles. The van der Waals surface area contributed by atoms with Crippen molar-refractivity contribution in [3.63, 3.8) is 0 Å². The van der Waals surface area contributed by atoms with Crippen LogP contribution in [0.15, 0.2) is 104 Å². The molecule has 0 spiro atoms. The molecule has 0 amide bonds. The lowest BCUT2D eigenvalue weighted by Gasteiger charge is -2.24. The first-order valence-corrected chi connectivity index (χ1v) is 17.4. The number of hydrogen-bond acceptors (Lipinski definition) is 8. The number of carbonyl (C=O) groups is 1. The van der Waals surface area contributed by atoms with Crippen LogP contribution in [0, 0.1) is 14.9 Å². The predicted molar refractivity (Wildman–Crippen MR) is 188 cm³/mol. The van der Waals surface area contributed by atoms with E-state index in [1.54, 1.807) is 23.6 Å². The highest BCUT2D eigenvalue weighted by Gasteiger charge is 2.35. The van der Waals surface area contributed by atoms with Crippen LogP contribution in [0.2, 0.25) is 0 Å². The molecule has 0 aliphatic carbocycles. The van der Waals surface area contributed by atoms with E-state index in [0.717, 1.165) is 24.0 Å². The lowest BCUT2D eigenvalue weighted by Crippen LogP contribution is -2.39. The molecule has 1 atom stereocenters. The highest BCUT2D eigenvalue weighted by Crippen LogP contribution is 2.37. The highest BCUT2D eigenvalue weighted by atomic mass is 127. The van der Waals surface area contributed by atoms with Crippen molar-refractivity contribution in [2.75, 3.05) is 6.61 Å². The second-order valence-corrected chi connectivity index (χ2v) is 13.9. The lowest BCUT2D eigenvalue weighted by molar-refractivity contribution is -0.138. The molecule has 1 aliphatic rings. The smallest absolute Gasteiger partial charge is 0.338 e. The molecule has 2 aromatic heterocycles. The maximum Gasteiger partial charge on any atom is 0.338 e. The maximum atomic E-state index is 14.2. The summed E-state index contributed by atoms with van der Waals surface area (Å²) in [5.41, 5.74) is 3.52. The molecule has 0 bridgehead atoms. The molecule has 0 unspecified atom stereocenters. The van der Waals surface area contributed by atoms with Crippen molar-refractivity contribution in [2.45, 2.75) is 19.6 Å². The third kappa shape index (κ3) is 6.46. The summed E-state index contributed by atoms with van der Waals surface area (Å²) in [4.78, 5) is 34.0. The number of esters is 1. The number of rotatable bonds is 8. The Hall–Kier alpha value is -3.83. The number of thiazole rings is 1. The number of thiophene rings is 1. The lowest BCUT2D eigenvalue weighted by atomic mass is 9.97. The Labute approximate surface area is 288 Å². The number of hydrogen-bond donors (Lipinski definition) is 0. The molecule has 0 saturated heterocycles.